The number of carbonyl (C=O) groups excluding carboxylic acids is 2. The molecule has 1 atom stereocenters. The van der Waals surface area contributed by atoms with E-state index in [1.54, 1.807) is 0 Å². The number of hydrogen-bond acceptors (Lipinski definition) is 5. The number of halogens is 3. The first kappa shape index (κ1) is 16.8. The van der Waals surface area contributed by atoms with Crippen LogP contribution in [0.5, 0.6) is 5.75 Å². The van der Waals surface area contributed by atoms with E-state index in [0.717, 1.165) is 4.90 Å². The zero-order chi connectivity index (χ0) is 17.3. The highest BCUT2D eigenvalue weighted by Gasteiger charge is 2.46. The van der Waals surface area contributed by atoms with Gasteiger partial charge in [-0.1, -0.05) is 0 Å². The molecule has 130 valence electrons. The summed E-state index contributed by atoms with van der Waals surface area (Å²) in [5.41, 5.74) is 0. The van der Waals surface area contributed by atoms with Gasteiger partial charge >= 0.3 is 6.09 Å². The smallest absolute Gasteiger partial charge is 0.407 e. The first-order valence-corrected chi connectivity index (χ1v) is 7.83. The van der Waals surface area contributed by atoms with E-state index in [2.05, 4.69) is 9.97 Å². The van der Waals surface area contributed by atoms with Crippen LogP contribution >= 0.6 is 11.6 Å². The Morgan fingerprint density at radius 3 is 2.71 bits per heavy atom. The van der Waals surface area contributed by atoms with Crippen LogP contribution < -0.4 is 4.74 Å². The third kappa shape index (κ3) is 3.72. The average Bonchev–Trinajstić information content (AvgIpc) is 2.94. The molecule has 2 aliphatic rings. The summed E-state index contributed by atoms with van der Waals surface area (Å²) < 4.78 is 33.0. The number of hydrogen-bond donors (Lipinski definition) is 0. The molecular weight excluding hydrogens is 346 g/mol. The van der Waals surface area contributed by atoms with Crippen LogP contribution in [0.25, 0.3) is 0 Å². The predicted molar refractivity (Wildman–Crippen MR) is 78.9 cm³/mol. The van der Waals surface area contributed by atoms with E-state index in [-0.39, 0.29) is 23.5 Å². The number of amides is 2. The number of aromatic nitrogens is 2. The molecule has 0 N–H and O–H groups in total. The average molecular weight is 361 g/mol. The molecule has 3 heterocycles. The maximum atomic E-state index is 14.0. The van der Waals surface area contributed by atoms with Crippen LogP contribution in [0.4, 0.5) is 13.6 Å². The van der Waals surface area contributed by atoms with Gasteiger partial charge in [-0.05, 0) is 18.0 Å². The monoisotopic (exact) mass is 360 g/mol. The lowest BCUT2D eigenvalue weighted by Gasteiger charge is -2.40. The SMILES string of the molecule is O=C(Oc1cnc(Cl)nc1)N1CC(N2CCCC2=O)CC(F)(F)C1. The van der Waals surface area contributed by atoms with Crippen molar-refractivity contribution >= 4 is 23.6 Å². The fourth-order valence-electron chi connectivity index (χ4n) is 2.99. The fraction of sp³-hybridized carbons (Fsp3) is 0.571. The Balaban J connectivity index is 1.70. The highest BCUT2D eigenvalue weighted by molar-refractivity contribution is 6.28. The summed E-state index contributed by atoms with van der Waals surface area (Å²) in [5.74, 6) is -3.23. The lowest BCUT2D eigenvalue weighted by molar-refractivity contribution is -0.135. The molecular formula is C14H15ClF2N4O3. The van der Waals surface area contributed by atoms with E-state index in [9.17, 15) is 18.4 Å². The van der Waals surface area contributed by atoms with Crippen molar-refractivity contribution in [2.45, 2.75) is 31.2 Å². The number of piperidine rings is 1. The van der Waals surface area contributed by atoms with Crippen LogP contribution in [-0.4, -0.2) is 63.4 Å². The minimum absolute atomic E-state index is 0.00656. The fourth-order valence-corrected chi connectivity index (χ4v) is 3.09. The molecule has 0 aromatic carbocycles. The minimum Gasteiger partial charge on any atom is -0.407 e. The van der Waals surface area contributed by atoms with Gasteiger partial charge in [-0.3, -0.25) is 9.69 Å². The summed E-state index contributed by atoms with van der Waals surface area (Å²) in [6, 6.07) is -0.710. The molecule has 3 rings (SSSR count). The number of nitrogens with zero attached hydrogens (tertiary/aromatic N) is 4. The van der Waals surface area contributed by atoms with Crippen LogP contribution in [0.2, 0.25) is 5.28 Å². The molecule has 2 amide bonds. The van der Waals surface area contributed by atoms with Crippen molar-refractivity contribution in [2.75, 3.05) is 19.6 Å². The first-order valence-electron chi connectivity index (χ1n) is 7.46. The summed E-state index contributed by atoms with van der Waals surface area (Å²) >= 11 is 5.53. The molecule has 0 radical (unpaired) electrons. The Bertz CT molecular complexity index is 643. The molecule has 10 heteroatoms. The Morgan fingerprint density at radius 2 is 2.08 bits per heavy atom. The van der Waals surface area contributed by atoms with E-state index in [1.807, 2.05) is 0 Å². The highest BCUT2D eigenvalue weighted by atomic mass is 35.5. The normalized spacial score (nSPS) is 23.5. The third-order valence-corrected chi connectivity index (χ3v) is 4.19. The molecule has 1 unspecified atom stereocenters. The van der Waals surface area contributed by atoms with Gasteiger partial charge in [-0.25, -0.2) is 23.5 Å². The van der Waals surface area contributed by atoms with Crippen LogP contribution in [0, 0.1) is 0 Å². The summed E-state index contributed by atoms with van der Waals surface area (Å²) in [6.45, 7) is -0.305. The second kappa shape index (κ2) is 6.46. The molecule has 1 aromatic rings. The molecule has 2 aliphatic heterocycles. The van der Waals surface area contributed by atoms with Gasteiger partial charge in [0.05, 0.1) is 25.0 Å². The van der Waals surface area contributed by atoms with Gasteiger partial charge in [0.2, 0.25) is 11.2 Å². The first-order chi connectivity index (χ1) is 11.3. The third-order valence-electron chi connectivity index (χ3n) is 4.00. The van der Waals surface area contributed by atoms with Gasteiger partial charge in [0.25, 0.3) is 5.92 Å². The zero-order valence-electron chi connectivity index (χ0n) is 12.6. The Morgan fingerprint density at radius 1 is 1.38 bits per heavy atom. The number of likely N-dealkylation sites (tertiary alicyclic amines) is 2. The summed E-state index contributed by atoms with van der Waals surface area (Å²) in [5, 5.41) is -0.0214. The van der Waals surface area contributed by atoms with Gasteiger partial charge < -0.3 is 9.64 Å². The Labute approximate surface area is 141 Å². The lowest BCUT2D eigenvalue weighted by Crippen LogP contribution is -2.57. The van der Waals surface area contributed by atoms with Gasteiger partial charge in [-0.2, -0.15) is 0 Å². The summed E-state index contributed by atoms with van der Waals surface area (Å²) in [7, 11) is 0. The number of ether oxygens (including phenoxy) is 1. The molecule has 24 heavy (non-hydrogen) atoms. The van der Waals surface area contributed by atoms with Crippen molar-refractivity contribution in [3.63, 3.8) is 0 Å². The van der Waals surface area contributed by atoms with E-state index in [0.29, 0.717) is 19.4 Å². The maximum absolute atomic E-state index is 14.0. The van der Waals surface area contributed by atoms with Crippen LogP contribution in [0.15, 0.2) is 12.4 Å². The van der Waals surface area contributed by atoms with Crippen molar-refractivity contribution in [1.29, 1.82) is 0 Å². The van der Waals surface area contributed by atoms with E-state index in [1.165, 1.54) is 17.3 Å². The van der Waals surface area contributed by atoms with E-state index < -0.39 is 31.0 Å². The molecule has 0 saturated carbocycles. The molecule has 0 aliphatic carbocycles. The molecule has 7 nitrogen and oxygen atoms in total. The predicted octanol–water partition coefficient (Wildman–Crippen LogP) is 1.96. The van der Waals surface area contributed by atoms with Crippen molar-refractivity contribution in [2.24, 2.45) is 0 Å². The number of rotatable bonds is 2. The summed E-state index contributed by atoms with van der Waals surface area (Å²) in [6.07, 6.45) is 1.97. The van der Waals surface area contributed by atoms with Gasteiger partial charge in [0.1, 0.15) is 0 Å². The van der Waals surface area contributed by atoms with E-state index >= 15 is 0 Å². The van der Waals surface area contributed by atoms with Crippen LogP contribution in [0.1, 0.15) is 19.3 Å². The summed E-state index contributed by atoms with van der Waals surface area (Å²) in [4.78, 5) is 33.6. The van der Waals surface area contributed by atoms with Gasteiger partial charge in [0.15, 0.2) is 5.75 Å². The molecule has 0 bridgehead atoms. The van der Waals surface area contributed by atoms with Crippen molar-refractivity contribution in [1.82, 2.24) is 19.8 Å². The Kier molecular flexibility index (Phi) is 4.53. The van der Waals surface area contributed by atoms with Crippen LogP contribution in [-0.2, 0) is 4.79 Å². The molecule has 0 spiro atoms. The molecule has 2 saturated heterocycles. The van der Waals surface area contributed by atoms with Gasteiger partial charge in [-0.15, -0.1) is 0 Å². The quantitative estimate of drug-likeness (QED) is 0.754. The standard InChI is InChI=1S/C14H15ClF2N4O3/c15-12-18-5-10(6-19-12)24-13(23)20-7-9(4-14(16,17)8-20)21-3-1-2-11(21)22/h5-6,9H,1-4,7-8H2. The Hall–Kier alpha value is -2.03. The largest absolute Gasteiger partial charge is 0.415 e. The minimum atomic E-state index is -3.08. The van der Waals surface area contributed by atoms with E-state index in [4.69, 9.17) is 16.3 Å². The van der Waals surface area contributed by atoms with Crippen molar-refractivity contribution in [3.8, 4) is 5.75 Å². The second-order valence-corrected chi connectivity index (χ2v) is 6.18. The van der Waals surface area contributed by atoms with Crippen molar-refractivity contribution in [3.05, 3.63) is 17.7 Å². The molecule has 1 aromatic heterocycles. The number of carbonyl (C=O) groups is 2. The molecule has 2 fully saturated rings. The number of alkyl halides is 2. The van der Waals surface area contributed by atoms with Crippen LogP contribution in [0.3, 0.4) is 0 Å². The second-order valence-electron chi connectivity index (χ2n) is 5.84. The topological polar surface area (TPSA) is 75.6 Å². The highest BCUT2D eigenvalue weighted by Crippen LogP contribution is 2.31. The maximum Gasteiger partial charge on any atom is 0.415 e. The lowest BCUT2D eigenvalue weighted by atomic mass is 10.0. The van der Waals surface area contributed by atoms with Gasteiger partial charge in [0, 0.05) is 25.9 Å². The zero-order valence-corrected chi connectivity index (χ0v) is 13.4. The van der Waals surface area contributed by atoms with Crippen molar-refractivity contribution < 1.29 is 23.1 Å².